The minimum Gasteiger partial charge on any atom is -0.411 e. The lowest BCUT2D eigenvalue weighted by molar-refractivity contribution is -0.108. The molecule has 11 nitrogen and oxygen atoms in total. The van der Waals surface area contributed by atoms with Crippen LogP contribution in [0.3, 0.4) is 0 Å². The van der Waals surface area contributed by atoms with Crippen LogP contribution >= 0.6 is 0 Å². The zero-order chi connectivity index (χ0) is 25.4. The molecule has 0 fully saturated rings. The third-order valence-electron chi connectivity index (χ3n) is 5.67. The van der Waals surface area contributed by atoms with E-state index >= 15 is 0 Å². The molecule has 1 amide bonds. The zero-order valence-electron chi connectivity index (χ0n) is 19.1. The summed E-state index contributed by atoms with van der Waals surface area (Å²) in [5.74, 6) is -0.815. The largest absolute Gasteiger partial charge is 0.433 e. The number of fused-ring (bicyclic) bond motifs is 1. The smallest absolute Gasteiger partial charge is 0.411 e. The van der Waals surface area contributed by atoms with Crippen molar-refractivity contribution in [1.29, 1.82) is 0 Å². The minimum absolute atomic E-state index is 0.0689. The first-order chi connectivity index (χ1) is 17.3. The van der Waals surface area contributed by atoms with E-state index in [1.807, 2.05) is 0 Å². The summed E-state index contributed by atoms with van der Waals surface area (Å²) < 4.78 is 48.2. The Bertz CT molecular complexity index is 1410. The van der Waals surface area contributed by atoms with Gasteiger partial charge in [-0.1, -0.05) is 12.2 Å². The van der Waals surface area contributed by atoms with Gasteiger partial charge in [0.05, 0.1) is 30.3 Å². The molecule has 3 aromatic rings. The molecular formula is C22H20F3N9O2. The molecule has 0 saturated heterocycles. The average molecular weight is 499 g/mol. The highest BCUT2D eigenvalue weighted by atomic mass is 19.4. The molecule has 2 aliphatic heterocycles. The molecule has 186 valence electrons. The summed E-state index contributed by atoms with van der Waals surface area (Å²) in [6.07, 6.45) is 7.01. The van der Waals surface area contributed by atoms with Crippen molar-refractivity contribution in [1.82, 2.24) is 39.6 Å². The first-order valence-electron chi connectivity index (χ1n) is 10.9. The van der Waals surface area contributed by atoms with E-state index in [0.717, 1.165) is 16.8 Å². The number of hydrogen-bond acceptors (Lipinski definition) is 8. The van der Waals surface area contributed by atoms with Crippen molar-refractivity contribution in [2.45, 2.75) is 25.6 Å². The van der Waals surface area contributed by atoms with Crippen molar-refractivity contribution < 1.29 is 22.4 Å². The van der Waals surface area contributed by atoms with Gasteiger partial charge in [0.1, 0.15) is 17.4 Å². The highest BCUT2D eigenvalue weighted by molar-refractivity contribution is 5.92. The number of hydrazone groups is 1. The molecule has 2 aliphatic rings. The van der Waals surface area contributed by atoms with Gasteiger partial charge >= 0.3 is 18.0 Å². The van der Waals surface area contributed by atoms with Crippen LogP contribution in [-0.4, -0.2) is 64.5 Å². The second-order valence-corrected chi connectivity index (χ2v) is 8.00. The van der Waals surface area contributed by atoms with Crippen LogP contribution in [0.1, 0.15) is 35.0 Å². The van der Waals surface area contributed by atoms with Crippen LogP contribution in [-0.2, 0) is 13.5 Å². The van der Waals surface area contributed by atoms with Crippen LogP contribution in [0, 0.1) is 0 Å². The summed E-state index contributed by atoms with van der Waals surface area (Å²) in [6.45, 7) is 1.84. The summed E-state index contributed by atoms with van der Waals surface area (Å²) in [7, 11) is 1.77. The van der Waals surface area contributed by atoms with E-state index in [-0.39, 0.29) is 24.0 Å². The topological polar surface area (TPSA) is 121 Å². The second-order valence-electron chi connectivity index (χ2n) is 8.00. The molecule has 1 atom stereocenters. The highest BCUT2D eigenvalue weighted by Gasteiger charge is 2.40. The van der Waals surface area contributed by atoms with Crippen molar-refractivity contribution in [2.24, 2.45) is 12.1 Å². The van der Waals surface area contributed by atoms with Crippen molar-refractivity contribution in [3.8, 4) is 11.6 Å². The fourth-order valence-electron chi connectivity index (χ4n) is 3.95. The Morgan fingerprint density at radius 1 is 1.31 bits per heavy atom. The molecule has 0 unspecified atom stereocenters. The SMILES string of the molecule is C/C=C1/C=CC=C(C(F)(F)F)N1/N=C/[C@H]1c2nc[nH]c2CCN1C(=O)c1nnc(-c2cn(C)cn2)o1. The number of carbonyl (C=O) groups is 1. The quantitative estimate of drug-likeness (QED) is 0.548. The summed E-state index contributed by atoms with van der Waals surface area (Å²) in [5, 5.41) is 12.7. The maximum absolute atomic E-state index is 13.7. The predicted octanol–water partition coefficient (Wildman–Crippen LogP) is 3.14. The number of allylic oxidation sites excluding steroid dienone is 5. The number of nitrogens with zero attached hydrogens (tertiary/aromatic N) is 8. The van der Waals surface area contributed by atoms with Crippen LogP contribution in [0.25, 0.3) is 11.6 Å². The Kier molecular flexibility index (Phi) is 5.78. The molecule has 5 heterocycles. The van der Waals surface area contributed by atoms with E-state index in [0.29, 0.717) is 17.8 Å². The van der Waals surface area contributed by atoms with E-state index < -0.39 is 23.8 Å². The van der Waals surface area contributed by atoms with E-state index in [9.17, 15) is 18.0 Å². The van der Waals surface area contributed by atoms with Crippen molar-refractivity contribution in [2.75, 3.05) is 6.54 Å². The Balaban J connectivity index is 1.47. The summed E-state index contributed by atoms with van der Waals surface area (Å²) in [4.78, 5) is 26.2. The number of amides is 1. The number of aromatic nitrogens is 6. The van der Waals surface area contributed by atoms with Gasteiger partial charge in [-0.25, -0.2) is 15.0 Å². The molecule has 0 aliphatic carbocycles. The Morgan fingerprint density at radius 3 is 2.86 bits per heavy atom. The maximum Gasteiger partial charge on any atom is 0.433 e. The third kappa shape index (κ3) is 4.21. The zero-order valence-corrected chi connectivity index (χ0v) is 19.1. The fraction of sp³-hybridized carbons (Fsp3) is 0.273. The lowest BCUT2D eigenvalue weighted by Gasteiger charge is -2.32. The lowest BCUT2D eigenvalue weighted by atomic mass is 10.0. The molecule has 3 aromatic heterocycles. The van der Waals surface area contributed by atoms with E-state index in [1.54, 1.807) is 31.1 Å². The van der Waals surface area contributed by atoms with Crippen LogP contribution in [0.2, 0.25) is 0 Å². The van der Waals surface area contributed by atoms with E-state index in [2.05, 4.69) is 30.3 Å². The maximum atomic E-state index is 13.7. The molecule has 0 spiro atoms. The molecule has 1 N–H and O–H groups in total. The molecule has 14 heteroatoms. The van der Waals surface area contributed by atoms with E-state index in [4.69, 9.17) is 4.42 Å². The highest BCUT2D eigenvalue weighted by Crippen LogP contribution is 2.35. The van der Waals surface area contributed by atoms with Gasteiger partial charge in [-0.2, -0.15) is 18.3 Å². The second kappa shape index (κ2) is 8.94. The summed E-state index contributed by atoms with van der Waals surface area (Å²) >= 11 is 0. The van der Waals surface area contributed by atoms with Gasteiger partial charge in [-0.15, -0.1) is 10.2 Å². The summed E-state index contributed by atoms with van der Waals surface area (Å²) in [5.41, 5.74) is 0.900. The molecule has 36 heavy (non-hydrogen) atoms. The van der Waals surface area contributed by atoms with Gasteiger partial charge in [0.15, 0.2) is 0 Å². The number of imidazole rings is 2. The molecule has 5 rings (SSSR count). The van der Waals surface area contributed by atoms with Gasteiger partial charge < -0.3 is 18.9 Å². The monoisotopic (exact) mass is 499 g/mol. The van der Waals surface area contributed by atoms with Crippen LogP contribution in [0.15, 0.2) is 64.1 Å². The molecular weight excluding hydrogens is 479 g/mol. The average Bonchev–Trinajstić information content (AvgIpc) is 3.61. The molecule has 0 saturated carbocycles. The normalized spacial score (nSPS) is 19.3. The predicted molar refractivity (Wildman–Crippen MR) is 120 cm³/mol. The standard InChI is InChI=1S/C22H20F3N9O2/c1-3-13-5-4-6-17(22(23,24)25)34(13)29-9-16-18-14(26-11-27-18)7-8-33(16)21(35)20-31-30-19(36-20)15-10-32(2)12-28-15/h3-6,9-12,16H,7-8H2,1-2H3,(H,26,27)/b13-3-,29-9+/t16-/m0/s1. The van der Waals surface area contributed by atoms with Gasteiger partial charge in [0, 0.05) is 31.9 Å². The number of nitrogens with one attached hydrogen (secondary N) is 1. The number of aryl methyl sites for hydroxylation is 1. The van der Waals surface area contributed by atoms with Crippen molar-refractivity contribution in [3.05, 3.63) is 71.8 Å². The first-order valence-corrected chi connectivity index (χ1v) is 10.9. The summed E-state index contributed by atoms with van der Waals surface area (Å²) in [6, 6.07) is -0.879. The fourth-order valence-corrected chi connectivity index (χ4v) is 3.95. The third-order valence-corrected chi connectivity index (χ3v) is 5.67. The number of H-pyrrole nitrogens is 1. The Morgan fingerprint density at radius 2 is 2.14 bits per heavy atom. The van der Waals surface area contributed by atoms with E-state index in [1.165, 1.54) is 35.7 Å². The molecule has 0 bridgehead atoms. The van der Waals surface area contributed by atoms with Crippen LogP contribution in [0.4, 0.5) is 13.2 Å². The van der Waals surface area contributed by atoms with Gasteiger partial charge in [-0.3, -0.25) is 4.79 Å². The Hall–Kier alpha value is -4.49. The lowest BCUT2D eigenvalue weighted by Crippen LogP contribution is -2.41. The number of alkyl halides is 3. The first kappa shape index (κ1) is 23.3. The Labute approximate surface area is 202 Å². The van der Waals surface area contributed by atoms with Gasteiger partial charge in [0.2, 0.25) is 0 Å². The van der Waals surface area contributed by atoms with Gasteiger partial charge in [0.25, 0.3) is 5.89 Å². The van der Waals surface area contributed by atoms with Crippen molar-refractivity contribution >= 4 is 12.1 Å². The number of aromatic amines is 1. The number of rotatable bonds is 4. The van der Waals surface area contributed by atoms with Crippen LogP contribution < -0.4 is 0 Å². The van der Waals surface area contributed by atoms with Crippen LogP contribution in [0.5, 0.6) is 0 Å². The van der Waals surface area contributed by atoms with Gasteiger partial charge in [-0.05, 0) is 19.1 Å². The minimum atomic E-state index is -4.64. The number of carbonyl (C=O) groups excluding carboxylic acids is 1. The number of halogens is 3. The molecule has 0 aromatic carbocycles. The number of hydrogen-bond donors (Lipinski definition) is 1. The molecule has 0 radical (unpaired) electrons. The van der Waals surface area contributed by atoms with Crippen molar-refractivity contribution in [3.63, 3.8) is 0 Å².